The average Bonchev–Trinajstić information content (AvgIpc) is 2.81. The molecule has 0 spiro atoms. The quantitative estimate of drug-likeness (QED) is 0.880. The van der Waals surface area contributed by atoms with Gasteiger partial charge in [0.1, 0.15) is 0 Å². The third-order valence-corrected chi connectivity index (χ3v) is 3.19. The van der Waals surface area contributed by atoms with Gasteiger partial charge in [-0.05, 0) is 17.7 Å². The topological polar surface area (TPSA) is 54.0 Å². The Morgan fingerprint density at radius 3 is 2.76 bits per heavy atom. The summed E-state index contributed by atoms with van der Waals surface area (Å²) in [5.74, 6) is 1.81. The van der Waals surface area contributed by atoms with Gasteiger partial charge in [0.05, 0.1) is 6.04 Å². The van der Waals surface area contributed by atoms with Crippen molar-refractivity contribution in [2.24, 2.45) is 0 Å². The van der Waals surface area contributed by atoms with Crippen molar-refractivity contribution in [2.75, 3.05) is 11.6 Å². The summed E-state index contributed by atoms with van der Waals surface area (Å²) in [5, 5.41) is 6.03. The number of aromatic nitrogens is 1. The first-order valence-corrected chi connectivity index (χ1v) is 5.99. The molecular formula is C10H15Cl2N3OS. The maximum atomic E-state index is 11.6. The minimum atomic E-state index is -0.0307. The molecule has 2 rings (SSSR count). The predicted octanol–water partition coefficient (Wildman–Crippen LogP) is 1.20. The van der Waals surface area contributed by atoms with Crippen molar-refractivity contribution in [3.8, 4) is 0 Å². The van der Waals surface area contributed by atoms with Gasteiger partial charge in [0.25, 0.3) is 0 Å². The molecule has 4 nitrogen and oxygen atoms in total. The molecule has 0 radical (unpaired) electrons. The maximum Gasteiger partial charge on any atom is 0.238 e. The summed E-state index contributed by atoms with van der Waals surface area (Å²) in [6.45, 7) is 0.574. The number of amides is 1. The number of hydrogen-bond donors (Lipinski definition) is 2. The van der Waals surface area contributed by atoms with Crippen LogP contribution >= 0.6 is 36.6 Å². The number of hydrogen-bond acceptors (Lipinski definition) is 4. The molecule has 1 unspecified atom stereocenters. The van der Waals surface area contributed by atoms with E-state index >= 15 is 0 Å². The van der Waals surface area contributed by atoms with E-state index in [1.165, 1.54) is 0 Å². The molecule has 1 amide bonds. The molecule has 7 heteroatoms. The number of rotatable bonds is 3. The third kappa shape index (κ3) is 5.12. The predicted molar refractivity (Wildman–Crippen MR) is 74.8 cm³/mol. The summed E-state index contributed by atoms with van der Waals surface area (Å²) in [7, 11) is 0. The monoisotopic (exact) mass is 295 g/mol. The van der Waals surface area contributed by atoms with Crippen LogP contribution in [0, 0.1) is 0 Å². The second-order valence-electron chi connectivity index (χ2n) is 3.35. The summed E-state index contributed by atoms with van der Waals surface area (Å²) < 4.78 is 0. The molecule has 0 saturated carbocycles. The second kappa shape index (κ2) is 8.58. The summed E-state index contributed by atoms with van der Waals surface area (Å²) >= 11 is 1.75. The van der Waals surface area contributed by atoms with Crippen LogP contribution in [0.1, 0.15) is 5.56 Å². The van der Waals surface area contributed by atoms with E-state index in [0.717, 1.165) is 17.2 Å². The molecular weight excluding hydrogens is 281 g/mol. The lowest BCUT2D eigenvalue weighted by molar-refractivity contribution is -0.122. The number of carbonyl (C=O) groups is 1. The van der Waals surface area contributed by atoms with Gasteiger partial charge < -0.3 is 5.32 Å². The second-order valence-corrected chi connectivity index (χ2v) is 4.38. The number of nitrogens with one attached hydrogen (secondary N) is 2. The molecule has 1 aromatic heterocycles. The molecule has 17 heavy (non-hydrogen) atoms. The summed E-state index contributed by atoms with van der Waals surface area (Å²) in [6.07, 6.45) is 3.45. The van der Waals surface area contributed by atoms with Crippen LogP contribution < -0.4 is 10.6 Å². The summed E-state index contributed by atoms with van der Waals surface area (Å²) in [5.41, 5.74) is 1.07. The van der Waals surface area contributed by atoms with Crippen LogP contribution in [0.4, 0.5) is 0 Å². The highest BCUT2D eigenvalue weighted by Crippen LogP contribution is 2.09. The SMILES string of the molecule is Cl.Cl.O=C(NCc1ccncc1)C1CSCN1. The minimum absolute atomic E-state index is 0. The Balaban J connectivity index is 0.00000128. The van der Waals surface area contributed by atoms with Crippen LogP contribution in [0.2, 0.25) is 0 Å². The van der Waals surface area contributed by atoms with Gasteiger partial charge in [0.15, 0.2) is 0 Å². The normalized spacial score (nSPS) is 17.8. The van der Waals surface area contributed by atoms with Gasteiger partial charge in [0, 0.05) is 30.6 Å². The first-order valence-electron chi connectivity index (χ1n) is 4.84. The van der Waals surface area contributed by atoms with Gasteiger partial charge in [-0.3, -0.25) is 15.1 Å². The first kappa shape index (κ1) is 16.5. The Hall–Kier alpha value is -0.490. The van der Waals surface area contributed by atoms with E-state index in [0.29, 0.717) is 6.54 Å². The van der Waals surface area contributed by atoms with Crippen LogP contribution in [-0.4, -0.2) is 28.6 Å². The fraction of sp³-hybridized carbons (Fsp3) is 0.400. The van der Waals surface area contributed by atoms with Crippen LogP contribution in [0.5, 0.6) is 0 Å². The Kier molecular flexibility index (Phi) is 8.33. The zero-order valence-corrected chi connectivity index (χ0v) is 11.5. The van der Waals surface area contributed by atoms with Crippen LogP contribution in [0.15, 0.2) is 24.5 Å². The van der Waals surface area contributed by atoms with Crippen molar-refractivity contribution < 1.29 is 4.79 Å². The molecule has 1 aromatic rings. The fourth-order valence-corrected chi connectivity index (χ4v) is 2.32. The zero-order chi connectivity index (χ0) is 10.5. The van der Waals surface area contributed by atoms with Gasteiger partial charge >= 0.3 is 0 Å². The Bertz CT molecular complexity index is 334. The molecule has 1 saturated heterocycles. The molecule has 1 aliphatic rings. The minimum Gasteiger partial charge on any atom is -0.351 e. The van der Waals surface area contributed by atoms with Gasteiger partial charge in [0.2, 0.25) is 5.91 Å². The fourth-order valence-electron chi connectivity index (χ4n) is 1.38. The average molecular weight is 296 g/mol. The highest BCUT2D eigenvalue weighted by atomic mass is 35.5. The van der Waals surface area contributed by atoms with Crippen molar-refractivity contribution in [3.05, 3.63) is 30.1 Å². The largest absolute Gasteiger partial charge is 0.351 e. The van der Waals surface area contributed by atoms with E-state index < -0.39 is 0 Å². The summed E-state index contributed by atoms with van der Waals surface area (Å²) in [4.78, 5) is 15.5. The highest BCUT2D eigenvalue weighted by molar-refractivity contribution is 7.99. The van der Waals surface area contributed by atoms with Crippen LogP contribution in [0.25, 0.3) is 0 Å². The van der Waals surface area contributed by atoms with Gasteiger partial charge in [-0.1, -0.05) is 0 Å². The molecule has 0 aromatic carbocycles. The van der Waals surface area contributed by atoms with Gasteiger partial charge in [-0.25, -0.2) is 0 Å². The van der Waals surface area contributed by atoms with E-state index in [-0.39, 0.29) is 36.8 Å². The Morgan fingerprint density at radius 1 is 1.47 bits per heavy atom. The van der Waals surface area contributed by atoms with Crippen molar-refractivity contribution in [1.82, 2.24) is 15.6 Å². The van der Waals surface area contributed by atoms with Gasteiger partial charge in [-0.15, -0.1) is 36.6 Å². The number of carbonyl (C=O) groups excluding carboxylic acids is 1. The number of pyridine rings is 1. The lowest BCUT2D eigenvalue weighted by Crippen LogP contribution is -2.41. The van der Waals surface area contributed by atoms with Crippen LogP contribution in [-0.2, 0) is 11.3 Å². The van der Waals surface area contributed by atoms with E-state index in [1.54, 1.807) is 24.2 Å². The molecule has 0 bridgehead atoms. The molecule has 2 N–H and O–H groups in total. The number of halogens is 2. The van der Waals surface area contributed by atoms with Gasteiger partial charge in [-0.2, -0.15) is 0 Å². The number of thioether (sulfide) groups is 1. The van der Waals surface area contributed by atoms with E-state index in [2.05, 4.69) is 15.6 Å². The van der Waals surface area contributed by atoms with Crippen molar-refractivity contribution in [1.29, 1.82) is 0 Å². The highest BCUT2D eigenvalue weighted by Gasteiger charge is 2.21. The molecule has 1 aliphatic heterocycles. The molecule has 2 heterocycles. The lowest BCUT2D eigenvalue weighted by Gasteiger charge is -2.10. The van der Waals surface area contributed by atoms with Crippen molar-refractivity contribution >= 4 is 42.5 Å². The van der Waals surface area contributed by atoms with E-state index in [4.69, 9.17) is 0 Å². The van der Waals surface area contributed by atoms with Crippen molar-refractivity contribution in [3.63, 3.8) is 0 Å². The smallest absolute Gasteiger partial charge is 0.238 e. The molecule has 1 atom stereocenters. The van der Waals surface area contributed by atoms with Crippen molar-refractivity contribution in [2.45, 2.75) is 12.6 Å². The van der Waals surface area contributed by atoms with Crippen LogP contribution in [0.3, 0.4) is 0 Å². The Morgan fingerprint density at radius 2 is 2.18 bits per heavy atom. The number of nitrogens with zero attached hydrogens (tertiary/aromatic N) is 1. The molecule has 96 valence electrons. The maximum absolute atomic E-state index is 11.6. The summed E-state index contributed by atoms with van der Waals surface area (Å²) in [6, 6.07) is 3.77. The first-order chi connectivity index (χ1) is 7.36. The standard InChI is InChI=1S/C10H13N3OS.2ClH/c14-10(9-6-15-7-13-9)12-5-8-1-3-11-4-2-8;;/h1-4,9,13H,5-7H2,(H,12,14);2*1H. The van der Waals surface area contributed by atoms with E-state index in [9.17, 15) is 4.79 Å². The lowest BCUT2D eigenvalue weighted by atomic mass is 10.2. The molecule has 0 aliphatic carbocycles. The Labute approximate surface area is 117 Å². The zero-order valence-electron chi connectivity index (χ0n) is 9.09. The van der Waals surface area contributed by atoms with E-state index in [1.807, 2.05) is 12.1 Å². The third-order valence-electron chi connectivity index (χ3n) is 2.25. The molecule has 1 fully saturated rings.